The van der Waals surface area contributed by atoms with Gasteiger partial charge in [-0.1, -0.05) is 0 Å². The van der Waals surface area contributed by atoms with E-state index in [1.54, 1.807) is 39.5 Å². The molecule has 1 saturated heterocycles. The first-order valence-corrected chi connectivity index (χ1v) is 9.76. The van der Waals surface area contributed by atoms with Crippen molar-refractivity contribution in [1.82, 2.24) is 4.90 Å². The van der Waals surface area contributed by atoms with E-state index in [0.29, 0.717) is 23.6 Å². The summed E-state index contributed by atoms with van der Waals surface area (Å²) in [5.74, 6) is 2.13. The Kier molecular flexibility index (Phi) is 7.19. The molecule has 156 valence electrons. The number of amides is 1. The van der Waals surface area contributed by atoms with E-state index in [4.69, 9.17) is 14.2 Å². The zero-order valence-corrected chi connectivity index (χ0v) is 17.3. The maximum atomic E-state index is 12.4. The van der Waals surface area contributed by atoms with Gasteiger partial charge in [0.15, 0.2) is 0 Å². The molecule has 0 atom stereocenters. The highest BCUT2D eigenvalue weighted by atomic mass is 16.5. The van der Waals surface area contributed by atoms with E-state index in [1.807, 2.05) is 12.1 Å². The molecule has 1 heterocycles. The van der Waals surface area contributed by atoms with Gasteiger partial charge in [-0.25, -0.2) is 0 Å². The van der Waals surface area contributed by atoms with Crippen molar-refractivity contribution in [2.24, 2.45) is 0 Å². The third-order valence-corrected chi connectivity index (χ3v) is 5.15. The fraction of sp³-hybridized carbons (Fsp3) is 0.409. The highest BCUT2D eigenvalue weighted by Gasteiger charge is 2.18. The number of methoxy groups -OCH3 is 3. The summed E-state index contributed by atoms with van der Waals surface area (Å²) in [6, 6.07) is 13.5. The van der Waals surface area contributed by atoms with Crippen LogP contribution in [-0.2, 0) is 4.79 Å². The monoisotopic (exact) mass is 399 g/mol. The molecule has 29 heavy (non-hydrogen) atoms. The number of rotatable bonds is 8. The van der Waals surface area contributed by atoms with Crippen molar-refractivity contribution >= 4 is 17.3 Å². The van der Waals surface area contributed by atoms with Crippen LogP contribution in [0.2, 0.25) is 0 Å². The molecule has 0 radical (unpaired) electrons. The Labute approximate surface area is 172 Å². The Morgan fingerprint density at radius 2 is 1.55 bits per heavy atom. The number of carbonyl (C=O) groups excluding carboxylic acids is 1. The lowest BCUT2D eigenvalue weighted by Gasteiger charge is -2.36. The molecule has 1 fully saturated rings. The molecule has 0 aliphatic carbocycles. The quantitative estimate of drug-likeness (QED) is 0.737. The van der Waals surface area contributed by atoms with Crippen molar-refractivity contribution in [3.63, 3.8) is 0 Å². The van der Waals surface area contributed by atoms with E-state index >= 15 is 0 Å². The van der Waals surface area contributed by atoms with Crippen molar-refractivity contribution in [3.8, 4) is 17.2 Å². The zero-order chi connectivity index (χ0) is 20.6. The van der Waals surface area contributed by atoms with E-state index in [2.05, 4.69) is 27.2 Å². The molecule has 0 aromatic heterocycles. The summed E-state index contributed by atoms with van der Waals surface area (Å²) in [4.78, 5) is 17.1. The van der Waals surface area contributed by atoms with Crippen LogP contribution in [0.3, 0.4) is 0 Å². The van der Waals surface area contributed by atoms with Crippen LogP contribution in [0, 0.1) is 0 Å². The van der Waals surface area contributed by atoms with Gasteiger partial charge in [0, 0.05) is 50.9 Å². The highest BCUT2D eigenvalue weighted by molar-refractivity contribution is 5.92. The third-order valence-electron chi connectivity index (χ3n) is 5.15. The van der Waals surface area contributed by atoms with Gasteiger partial charge in [-0.3, -0.25) is 9.69 Å². The number of benzene rings is 2. The fourth-order valence-corrected chi connectivity index (χ4v) is 3.41. The molecule has 0 unspecified atom stereocenters. The summed E-state index contributed by atoms with van der Waals surface area (Å²) < 4.78 is 15.8. The first kappa shape index (κ1) is 20.8. The lowest BCUT2D eigenvalue weighted by molar-refractivity contribution is -0.116. The van der Waals surface area contributed by atoms with Crippen molar-refractivity contribution in [3.05, 3.63) is 42.5 Å². The van der Waals surface area contributed by atoms with E-state index in [9.17, 15) is 4.79 Å². The van der Waals surface area contributed by atoms with Gasteiger partial charge in [0.25, 0.3) is 0 Å². The fourth-order valence-electron chi connectivity index (χ4n) is 3.41. The molecule has 1 aliphatic rings. The molecule has 7 nitrogen and oxygen atoms in total. The van der Waals surface area contributed by atoms with E-state index < -0.39 is 0 Å². The first-order chi connectivity index (χ1) is 14.1. The van der Waals surface area contributed by atoms with Gasteiger partial charge >= 0.3 is 0 Å². The first-order valence-electron chi connectivity index (χ1n) is 9.76. The number of anilines is 2. The Hall–Kier alpha value is -2.93. The Morgan fingerprint density at radius 3 is 2.17 bits per heavy atom. The lowest BCUT2D eigenvalue weighted by Crippen LogP contribution is -2.47. The summed E-state index contributed by atoms with van der Waals surface area (Å²) in [7, 11) is 4.85. The molecule has 1 amide bonds. The minimum atomic E-state index is -0.0332. The summed E-state index contributed by atoms with van der Waals surface area (Å²) in [5.41, 5.74) is 1.83. The minimum absolute atomic E-state index is 0.0332. The largest absolute Gasteiger partial charge is 0.497 e. The Bertz CT molecular complexity index is 802. The van der Waals surface area contributed by atoms with Gasteiger partial charge in [0.2, 0.25) is 5.91 Å². The molecule has 1 N–H and O–H groups in total. The second-order valence-corrected chi connectivity index (χ2v) is 6.89. The van der Waals surface area contributed by atoms with E-state index in [0.717, 1.165) is 38.5 Å². The second-order valence-electron chi connectivity index (χ2n) is 6.89. The maximum absolute atomic E-state index is 12.4. The number of ether oxygens (including phenoxy) is 3. The number of nitrogens with zero attached hydrogens (tertiary/aromatic N) is 2. The molecule has 1 aliphatic heterocycles. The zero-order valence-electron chi connectivity index (χ0n) is 17.3. The van der Waals surface area contributed by atoms with Crippen molar-refractivity contribution in [2.45, 2.75) is 6.42 Å². The van der Waals surface area contributed by atoms with Gasteiger partial charge in [0.1, 0.15) is 17.2 Å². The molecule has 2 aromatic carbocycles. The van der Waals surface area contributed by atoms with Crippen LogP contribution in [-0.4, -0.2) is 64.9 Å². The third kappa shape index (κ3) is 5.54. The van der Waals surface area contributed by atoms with Crippen LogP contribution in [0.5, 0.6) is 17.2 Å². The molecule has 3 rings (SSSR count). The summed E-state index contributed by atoms with van der Waals surface area (Å²) in [6.45, 7) is 4.48. The molecule has 7 heteroatoms. The van der Waals surface area contributed by atoms with Gasteiger partial charge < -0.3 is 24.4 Å². The van der Waals surface area contributed by atoms with Crippen LogP contribution in [0.25, 0.3) is 0 Å². The van der Waals surface area contributed by atoms with Crippen LogP contribution >= 0.6 is 0 Å². The smallest absolute Gasteiger partial charge is 0.225 e. The van der Waals surface area contributed by atoms with Crippen LogP contribution in [0.15, 0.2) is 42.5 Å². The summed E-state index contributed by atoms with van der Waals surface area (Å²) >= 11 is 0. The summed E-state index contributed by atoms with van der Waals surface area (Å²) in [6.07, 6.45) is 0.433. The number of piperazine rings is 1. The average Bonchev–Trinajstić information content (AvgIpc) is 2.78. The molecule has 0 saturated carbocycles. The van der Waals surface area contributed by atoms with Gasteiger partial charge in [0.05, 0.1) is 27.0 Å². The Morgan fingerprint density at radius 1 is 0.897 bits per heavy atom. The second kappa shape index (κ2) is 10.0. The van der Waals surface area contributed by atoms with Crippen LogP contribution < -0.4 is 24.4 Å². The van der Waals surface area contributed by atoms with Crippen molar-refractivity contribution in [2.75, 3.05) is 64.3 Å². The van der Waals surface area contributed by atoms with Gasteiger partial charge in [-0.2, -0.15) is 0 Å². The predicted octanol–water partition coefficient (Wildman–Crippen LogP) is 2.86. The van der Waals surface area contributed by atoms with Crippen LogP contribution in [0.4, 0.5) is 11.4 Å². The molecule has 0 spiro atoms. The average molecular weight is 399 g/mol. The van der Waals surface area contributed by atoms with Gasteiger partial charge in [-0.05, 0) is 36.4 Å². The number of hydrogen-bond acceptors (Lipinski definition) is 6. The SMILES string of the molecule is COc1ccc(N2CCN(CCC(=O)Nc3cc(OC)ccc3OC)CC2)cc1. The van der Waals surface area contributed by atoms with Crippen LogP contribution in [0.1, 0.15) is 6.42 Å². The lowest BCUT2D eigenvalue weighted by atomic mass is 10.2. The van der Waals surface area contributed by atoms with Crippen molar-refractivity contribution in [1.29, 1.82) is 0 Å². The number of carbonyl (C=O) groups is 1. The van der Waals surface area contributed by atoms with E-state index in [1.165, 1.54) is 5.69 Å². The van der Waals surface area contributed by atoms with Crippen molar-refractivity contribution < 1.29 is 19.0 Å². The maximum Gasteiger partial charge on any atom is 0.225 e. The molecular formula is C22H29N3O4. The summed E-state index contributed by atoms with van der Waals surface area (Å²) in [5, 5.41) is 2.93. The number of nitrogens with one attached hydrogen (secondary N) is 1. The topological polar surface area (TPSA) is 63.3 Å². The molecule has 0 bridgehead atoms. The Balaban J connectivity index is 1.46. The molecule has 2 aromatic rings. The normalized spacial score (nSPS) is 14.4. The minimum Gasteiger partial charge on any atom is -0.497 e. The van der Waals surface area contributed by atoms with Gasteiger partial charge in [-0.15, -0.1) is 0 Å². The van der Waals surface area contributed by atoms with E-state index in [-0.39, 0.29) is 5.91 Å². The standard InChI is InChI=1S/C22H29N3O4/c1-27-18-6-4-17(5-7-18)25-14-12-24(13-15-25)11-10-22(26)23-20-16-19(28-2)8-9-21(20)29-3/h4-9,16H,10-15H2,1-3H3,(H,23,26). The predicted molar refractivity (Wildman–Crippen MR) is 114 cm³/mol. The molecular weight excluding hydrogens is 370 g/mol. The highest BCUT2D eigenvalue weighted by Crippen LogP contribution is 2.29. The number of hydrogen-bond donors (Lipinski definition) is 1.